The molecule has 4 rings (SSSR count). The molecule has 0 atom stereocenters. The zero-order valence-electron chi connectivity index (χ0n) is 13.3. The van der Waals surface area contributed by atoms with Crippen LogP contribution in [0.15, 0.2) is 42.5 Å². The van der Waals surface area contributed by atoms with Crippen LogP contribution in [0, 0.1) is 0 Å². The molecule has 0 saturated heterocycles. The lowest BCUT2D eigenvalue weighted by atomic mass is 9.94. The van der Waals surface area contributed by atoms with Crippen LogP contribution in [-0.4, -0.2) is 18.5 Å². The van der Waals surface area contributed by atoms with Crippen LogP contribution in [0.25, 0.3) is 0 Å². The molecule has 24 heavy (non-hydrogen) atoms. The highest BCUT2D eigenvalue weighted by Gasteiger charge is 2.51. The van der Waals surface area contributed by atoms with Crippen molar-refractivity contribution in [1.29, 1.82) is 0 Å². The number of rotatable bonds is 4. The van der Waals surface area contributed by atoms with E-state index in [2.05, 4.69) is 5.32 Å². The van der Waals surface area contributed by atoms with Gasteiger partial charge < -0.3 is 14.8 Å². The Bertz CT molecular complexity index is 839. The van der Waals surface area contributed by atoms with Crippen molar-refractivity contribution in [1.82, 2.24) is 0 Å². The van der Waals surface area contributed by atoms with Gasteiger partial charge in [-0.1, -0.05) is 18.2 Å². The maximum atomic E-state index is 12.8. The lowest BCUT2D eigenvalue weighted by Gasteiger charge is -2.16. The third-order valence-corrected chi connectivity index (χ3v) is 4.64. The van der Waals surface area contributed by atoms with Crippen molar-refractivity contribution < 1.29 is 19.1 Å². The largest absolute Gasteiger partial charge is 0.454 e. The Morgan fingerprint density at radius 1 is 1.04 bits per heavy atom. The van der Waals surface area contributed by atoms with E-state index in [4.69, 9.17) is 9.47 Å². The Labute approximate surface area is 139 Å². The number of amides is 1. The molecule has 122 valence electrons. The molecule has 1 fully saturated rings. The van der Waals surface area contributed by atoms with Gasteiger partial charge in [0.25, 0.3) is 0 Å². The molecular formula is C19H17NO4. The van der Waals surface area contributed by atoms with Crippen molar-refractivity contribution >= 4 is 17.4 Å². The molecule has 2 aliphatic rings. The number of benzene rings is 2. The lowest BCUT2D eigenvalue weighted by Crippen LogP contribution is -2.27. The van der Waals surface area contributed by atoms with E-state index in [9.17, 15) is 9.59 Å². The summed E-state index contributed by atoms with van der Waals surface area (Å²) < 4.78 is 10.7. The molecule has 1 aliphatic carbocycles. The number of fused-ring (bicyclic) bond motifs is 1. The third kappa shape index (κ3) is 2.42. The normalized spacial score (nSPS) is 16.5. The van der Waals surface area contributed by atoms with Gasteiger partial charge in [0.05, 0.1) is 5.41 Å². The van der Waals surface area contributed by atoms with E-state index in [1.165, 1.54) is 6.92 Å². The van der Waals surface area contributed by atoms with Crippen LogP contribution in [0.3, 0.4) is 0 Å². The van der Waals surface area contributed by atoms with Gasteiger partial charge in [0, 0.05) is 11.3 Å². The Kier molecular flexibility index (Phi) is 3.30. The number of ether oxygens (including phenoxy) is 2. The Balaban J connectivity index is 1.58. The molecule has 1 saturated carbocycles. The van der Waals surface area contributed by atoms with E-state index in [-0.39, 0.29) is 18.5 Å². The first-order valence-electron chi connectivity index (χ1n) is 7.91. The van der Waals surface area contributed by atoms with Gasteiger partial charge >= 0.3 is 0 Å². The van der Waals surface area contributed by atoms with Gasteiger partial charge in [-0.2, -0.15) is 0 Å². The van der Waals surface area contributed by atoms with Crippen molar-refractivity contribution in [3.8, 4) is 11.5 Å². The number of hydrogen-bond acceptors (Lipinski definition) is 4. The molecule has 1 amide bonds. The van der Waals surface area contributed by atoms with Crippen LogP contribution >= 0.6 is 0 Å². The highest BCUT2D eigenvalue weighted by atomic mass is 16.7. The average Bonchev–Trinajstić information content (AvgIpc) is 3.26. The second-order valence-electron chi connectivity index (χ2n) is 6.24. The molecule has 0 unspecified atom stereocenters. The molecule has 2 aromatic rings. The predicted octanol–water partition coefficient (Wildman–Crippen LogP) is 3.29. The predicted molar refractivity (Wildman–Crippen MR) is 88.6 cm³/mol. The SMILES string of the molecule is CC(=O)c1cccc(NC(=O)C2(c3ccc4c(c3)OCO4)CC2)c1. The monoisotopic (exact) mass is 323 g/mol. The number of carbonyl (C=O) groups excluding carboxylic acids is 2. The topological polar surface area (TPSA) is 64.6 Å². The van der Waals surface area contributed by atoms with E-state index in [0.717, 1.165) is 18.4 Å². The molecule has 1 aliphatic heterocycles. The standard InChI is InChI=1S/C19H17NO4/c1-12(21)13-3-2-4-15(9-13)20-18(22)19(7-8-19)14-5-6-16-17(10-14)24-11-23-16/h2-6,9-10H,7-8,11H2,1H3,(H,20,22). The molecule has 0 spiro atoms. The molecule has 0 aromatic heterocycles. The zero-order valence-corrected chi connectivity index (χ0v) is 13.3. The van der Waals surface area contributed by atoms with E-state index >= 15 is 0 Å². The van der Waals surface area contributed by atoms with Crippen LogP contribution < -0.4 is 14.8 Å². The zero-order chi connectivity index (χ0) is 16.7. The van der Waals surface area contributed by atoms with Crippen molar-refractivity contribution in [2.45, 2.75) is 25.2 Å². The summed E-state index contributed by atoms with van der Waals surface area (Å²) in [5.74, 6) is 1.32. The number of carbonyl (C=O) groups is 2. The first-order chi connectivity index (χ1) is 11.6. The van der Waals surface area contributed by atoms with Gasteiger partial charge in [0.2, 0.25) is 12.7 Å². The summed E-state index contributed by atoms with van der Waals surface area (Å²) in [6.07, 6.45) is 1.59. The molecule has 0 bridgehead atoms. The third-order valence-electron chi connectivity index (χ3n) is 4.64. The van der Waals surface area contributed by atoms with Crippen LogP contribution in [0.2, 0.25) is 0 Å². The highest BCUT2D eigenvalue weighted by Crippen LogP contribution is 2.51. The molecule has 0 radical (unpaired) electrons. The average molecular weight is 323 g/mol. The van der Waals surface area contributed by atoms with Crippen LogP contribution in [-0.2, 0) is 10.2 Å². The fourth-order valence-corrected chi connectivity index (χ4v) is 3.03. The second-order valence-corrected chi connectivity index (χ2v) is 6.24. The number of hydrogen-bond donors (Lipinski definition) is 1. The molecule has 2 aromatic carbocycles. The van der Waals surface area contributed by atoms with Gasteiger partial charge in [-0.3, -0.25) is 9.59 Å². The van der Waals surface area contributed by atoms with Crippen LogP contribution in [0.5, 0.6) is 11.5 Å². The maximum Gasteiger partial charge on any atom is 0.235 e. The van der Waals surface area contributed by atoms with Crippen LogP contribution in [0.4, 0.5) is 5.69 Å². The van der Waals surface area contributed by atoms with Crippen molar-refractivity contribution in [3.05, 3.63) is 53.6 Å². The smallest absolute Gasteiger partial charge is 0.235 e. The van der Waals surface area contributed by atoms with E-state index in [1.54, 1.807) is 24.3 Å². The lowest BCUT2D eigenvalue weighted by molar-refractivity contribution is -0.118. The molecule has 5 nitrogen and oxygen atoms in total. The molecule has 5 heteroatoms. The number of ketones is 1. The first kappa shape index (κ1) is 14.8. The number of nitrogens with one attached hydrogen (secondary N) is 1. The fraction of sp³-hybridized carbons (Fsp3) is 0.263. The minimum absolute atomic E-state index is 0.0250. The summed E-state index contributed by atoms with van der Waals surface area (Å²) >= 11 is 0. The van der Waals surface area contributed by atoms with Crippen molar-refractivity contribution in [2.24, 2.45) is 0 Å². The summed E-state index contributed by atoms with van der Waals surface area (Å²) in [6.45, 7) is 1.73. The quantitative estimate of drug-likeness (QED) is 0.877. The van der Waals surface area contributed by atoms with Gasteiger partial charge in [0.1, 0.15) is 0 Å². The van der Waals surface area contributed by atoms with Crippen molar-refractivity contribution in [2.75, 3.05) is 12.1 Å². The van der Waals surface area contributed by atoms with E-state index < -0.39 is 5.41 Å². The van der Waals surface area contributed by atoms with Crippen LogP contribution in [0.1, 0.15) is 35.7 Å². The van der Waals surface area contributed by atoms with Gasteiger partial charge in [-0.25, -0.2) is 0 Å². The summed E-state index contributed by atoms with van der Waals surface area (Å²) in [5.41, 5.74) is 1.64. The Morgan fingerprint density at radius 3 is 2.58 bits per heavy atom. The van der Waals surface area contributed by atoms with Gasteiger partial charge in [-0.15, -0.1) is 0 Å². The minimum Gasteiger partial charge on any atom is -0.454 e. The van der Waals surface area contributed by atoms with Crippen molar-refractivity contribution in [3.63, 3.8) is 0 Å². The fourth-order valence-electron chi connectivity index (χ4n) is 3.03. The number of anilines is 1. The molecule has 1 heterocycles. The molecular weight excluding hydrogens is 306 g/mol. The summed E-state index contributed by atoms with van der Waals surface area (Å²) in [4.78, 5) is 24.3. The van der Waals surface area contributed by atoms with E-state index in [0.29, 0.717) is 22.7 Å². The highest BCUT2D eigenvalue weighted by molar-refractivity contribution is 6.02. The molecule has 1 N–H and O–H groups in total. The van der Waals surface area contributed by atoms with Gasteiger partial charge in [0.15, 0.2) is 17.3 Å². The summed E-state index contributed by atoms with van der Waals surface area (Å²) in [5, 5.41) is 2.94. The summed E-state index contributed by atoms with van der Waals surface area (Å²) in [6, 6.07) is 12.7. The Morgan fingerprint density at radius 2 is 1.83 bits per heavy atom. The van der Waals surface area contributed by atoms with E-state index in [1.807, 2.05) is 18.2 Å². The minimum atomic E-state index is -0.521. The first-order valence-corrected chi connectivity index (χ1v) is 7.91. The number of Topliss-reactive ketones (excluding diaryl/α,β-unsaturated/α-hetero) is 1. The van der Waals surface area contributed by atoms with Gasteiger partial charge in [-0.05, 0) is 49.6 Å². The Hall–Kier alpha value is -2.82. The maximum absolute atomic E-state index is 12.8. The summed E-state index contributed by atoms with van der Waals surface area (Å²) in [7, 11) is 0. The second kappa shape index (κ2) is 5.37.